The molecule has 0 aliphatic rings. The topological polar surface area (TPSA) is 35.5 Å². The van der Waals surface area contributed by atoms with Crippen LogP contribution in [0, 0.1) is 6.92 Å². The molecule has 0 spiro atoms. The number of rotatable bonds is 5. The van der Waals surface area contributed by atoms with Gasteiger partial charge in [-0.15, -0.1) is 0 Å². The zero-order valence-electron chi connectivity index (χ0n) is 12.4. The van der Waals surface area contributed by atoms with Crippen molar-refractivity contribution in [1.82, 2.24) is 0 Å². The van der Waals surface area contributed by atoms with Crippen molar-refractivity contribution in [2.45, 2.75) is 20.0 Å². The molecule has 0 aliphatic heterocycles. The van der Waals surface area contributed by atoms with Crippen LogP contribution >= 0.6 is 27.5 Å². The fraction of sp³-hybridized carbons (Fsp3) is 0.235. The van der Waals surface area contributed by atoms with Gasteiger partial charge in [0.1, 0.15) is 12.4 Å². The molecule has 0 bridgehead atoms. The largest absolute Gasteiger partial charge is 0.487 e. The van der Waals surface area contributed by atoms with E-state index in [0.717, 1.165) is 21.2 Å². The Kier molecular flexibility index (Phi) is 5.86. The molecule has 116 valence electrons. The Morgan fingerprint density at radius 2 is 2.05 bits per heavy atom. The molecule has 2 aromatic rings. The van der Waals surface area contributed by atoms with E-state index in [9.17, 15) is 4.79 Å². The average molecular weight is 384 g/mol. The van der Waals surface area contributed by atoms with E-state index in [2.05, 4.69) is 15.9 Å². The van der Waals surface area contributed by atoms with Crippen molar-refractivity contribution in [2.24, 2.45) is 0 Å². The van der Waals surface area contributed by atoms with Crippen LogP contribution in [0.3, 0.4) is 0 Å². The second kappa shape index (κ2) is 7.65. The number of carbonyl (C=O) groups is 1. The molecule has 2 aromatic carbocycles. The molecule has 0 saturated carbocycles. The van der Waals surface area contributed by atoms with Crippen molar-refractivity contribution in [1.29, 1.82) is 0 Å². The van der Waals surface area contributed by atoms with Gasteiger partial charge in [-0.1, -0.05) is 45.7 Å². The first-order chi connectivity index (χ1) is 10.5. The highest BCUT2D eigenvalue weighted by molar-refractivity contribution is 9.10. The minimum Gasteiger partial charge on any atom is -0.487 e. The van der Waals surface area contributed by atoms with Crippen molar-refractivity contribution < 1.29 is 14.3 Å². The maximum Gasteiger partial charge on any atom is 0.309 e. The number of halogens is 2. The summed E-state index contributed by atoms with van der Waals surface area (Å²) < 4.78 is 11.4. The molecular weight excluding hydrogens is 368 g/mol. The van der Waals surface area contributed by atoms with Gasteiger partial charge in [0.2, 0.25) is 0 Å². The highest BCUT2D eigenvalue weighted by Gasteiger charge is 2.12. The quantitative estimate of drug-likeness (QED) is 0.702. The van der Waals surface area contributed by atoms with Crippen molar-refractivity contribution in [3.05, 3.63) is 62.6 Å². The molecule has 0 aromatic heterocycles. The Morgan fingerprint density at radius 3 is 2.73 bits per heavy atom. The van der Waals surface area contributed by atoms with Crippen LogP contribution in [0.25, 0.3) is 0 Å². The van der Waals surface area contributed by atoms with Crippen LogP contribution in [0.2, 0.25) is 5.02 Å². The monoisotopic (exact) mass is 382 g/mol. The second-order valence-corrected chi connectivity index (χ2v) is 6.11. The van der Waals surface area contributed by atoms with Crippen molar-refractivity contribution in [3.63, 3.8) is 0 Å². The summed E-state index contributed by atoms with van der Waals surface area (Å²) in [4.78, 5) is 11.5. The van der Waals surface area contributed by atoms with Gasteiger partial charge in [0.25, 0.3) is 0 Å². The van der Waals surface area contributed by atoms with Gasteiger partial charge in [-0.3, -0.25) is 4.79 Å². The molecule has 0 unspecified atom stereocenters. The number of hydrogen-bond acceptors (Lipinski definition) is 3. The van der Waals surface area contributed by atoms with Crippen LogP contribution in [-0.4, -0.2) is 13.1 Å². The Bertz CT molecular complexity index is 686. The zero-order valence-corrected chi connectivity index (χ0v) is 14.7. The summed E-state index contributed by atoms with van der Waals surface area (Å²) >= 11 is 9.67. The maximum absolute atomic E-state index is 11.5. The Morgan fingerprint density at radius 1 is 1.27 bits per heavy atom. The third-order valence-electron chi connectivity index (χ3n) is 3.24. The molecule has 22 heavy (non-hydrogen) atoms. The summed E-state index contributed by atoms with van der Waals surface area (Å²) in [6.07, 6.45) is 0.205. The normalized spacial score (nSPS) is 10.4. The van der Waals surface area contributed by atoms with Crippen molar-refractivity contribution >= 4 is 33.5 Å². The molecule has 0 amide bonds. The van der Waals surface area contributed by atoms with Crippen molar-refractivity contribution in [2.75, 3.05) is 7.11 Å². The molecule has 0 atom stereocenters. The third kappa shape index (κ3) is 4.24. The van der Waals surface area contributed by atoms with E-state index < -0.39 is 0 Å². The zero-order chi connectivity index (χ0) is 16.1. The van der Waals surface area contributed by atoms with Crippen LogP contribution in [0.15, 0.2) is 40.9 Å². The summed E-state index contributed by atoms with van der Waals surface area (Å²) in [6.45, 7) is 2.29. The lowest BCUT2D eigenvalue weighted by Crippen LogP contribution is -2.09. The van der Waals surface area contributed by atoms with Crippen LogP contribution in [0.4, 0.5) is 0 Å². The van der Waals surface area contributed by atoms with Gasteiger partial charge in [-0.25, -0.2) is 0 Å². The molecule has 0 radical (unpaired) electrons. The first-order valence-electron chi connectivity index (χ1n) is 6.73. The van der Waals surface area contributed by atoms with E-state index in [1.54, 1.807) is 0 Å². The number of esters is 1. The van der Waals surface area contributed by atoms with Crippen molar-refractivity contribution in [3.8, 4) is 5.75 Å². The van der Waals surface area contributed by atoms with Gasteiger partial charge in [0.05, 0.1) is 18.6 Å². The predicted molar refractivity (Wildman–Crippen MR) is 90.4 cm³/mol. The summed E-state index contributed by atoms with van der Waals surface area (Å²) in [5, 5.41) is 0.571. The second-order valence-electron chi connectivity index (χ2n) is 4.85. The van der Waals surface area contributed by atoms with Crippen LogP contribution in [0.5, 0.6) is 5.75 Å². The lowest BCUT2D eigenvalue weighted by molar-refractivity contribution is -0.139. The fourth-order valence-corrected chi connectivity index (χ4v) is 2.84. The molecule has 2 rings (SSSR count). The molecule has 0 aliphatic carbocycles. The number of benzene rings is 2. The minimum atomic E-state index is -0.285. The first-order valence-corrected chi connectivity index (χ1v) is 7.90. The molecular formula is C17H16BrClO3. The van der Waals surface area contributed by atoms with Gasteiger partial charge < -0.3 is 9.47 Å². The van der Waals surface area contributed by atoms with Crippen LogP contribution in [-0.2, 0) is 22.6 Å². The lowest BCUT2D eigenvalue weighted by Gasteiger charge is -2.13. The molecule has 3 nitrogen and oxygen atoms in total. The summed E-state index contributed by atoms with van der Waals surface area (Å²) in [7, 11) is 1.38. The van der Waals surface area contributed by atoms with Gasteiger partial charge >= 0.3 is 5.97 Å². The number of carbonyl (C=O) groups excluding carboxylic acids is 1. The van der Waals surface area contributed by atoms with E-state index in [1.165, 1.54) is 7.11 Å². The lowest BCUT2D eigenvalue weighted by atomic mass is 10.1. The third-order valence-corrected chi connectivity index (χ3v) is 4.28. The maximum atomic E-state index is 11.5. The smallest absolute Gasteiger partial charge is 0.309 e. The van der Waals surface area contributed by atoms with Gasteiger partial charge in [-0.05, 0) is 36.2 Å². The number of ether oxygens (including phenoxy) is 2. The summed E-state index contributed by atoms with van der Waals surface area (Å²) in [5.41, 5.74) is 2.85. The van der Waals surface area contributed by atoms with E-state index in [4.69, 9.17) is 21.1 Å². The standard InChI is InChI=1S/C17H16BrClO3/c1-11-6-7-16(15(19)8-11)22-10-13-12(9-17(20)21-2)4-3-5-14(13)18/h3-8H,9-10H2,1-2H3. The highest BCUT2D eigenvalue weighted by Crippen LogP contribution is 2.28. The highest BCUT2D eigenvalue weighted by atomic mass is 79.9. The number of methoxy groups -OCH3 is 1. The molecule has 0 fully saturated rings. The molecule has 0 saturated heterocycles. The van der Waals surface area contributed by atoms with E-state index in [-0.39, 0.29) is 12.4 Å². The average Bonchev–Trinajstić information content (AvgIpc) is 2.48. The van der Waals surface area contributed by atoms with Gasteiger partial charge in [0.15, 0.2) is 0 Å². The first kappa shape index (κ1) is 16.8. The predicted octanol–water partition coefficient (Wildman–Crippen LogP) is 4.71. The van der Waals surface area contributed by atoms with Gasteiger partial charge in [-0.2, -0.15) is 0 Å². The minimum absolute atomic E-state index is 0.205. The Balaban J connectivity index is 2.19. The van der Waals surface area contributed by atoms with E-state index in [0.29, 0.717) is 17.4 Å². The summed E-state index contributed by atoms with van der Waals surface area (Å²) in [5.74, 6) is 0.333. The van der Waals surface area contributed by atoms with Crippen LogP contribution < -0.4 is 4.74 Å². The van der Waals surface area contributed by atoms with E-state index in [1.807, 2.05) is 43.3 Å². The number of hydrogen-bond donors (Lipinski definition) is 0. The molecule has 0 heterocycles. The molecule has 5 heteroatoms. The van der Waals surface area contributed by atoms with Crippen LogP contribution in [0.1, 0.15) is 16.7 Å². The summed E-state index contributed by atoms with van der Waals surface area (Å²) in [6, 6.07) is 11.3. The molecule has 0 N–H and O–H groups in total. The SMILES string of the molecule is COC(=O)Cc1cccc(Br)c1COc1ccc(C)cc1Cl. The Labute approximate surface area is 143 Å². The van der Waals surface area contributed by atoms with Gasteiger partial charge in [0, 0.05) is 10.0 Å². The Hall–Kier alpha value is -1.52. The fourth-order valence-electron chi connectivity index (χ4n) is 2.03. The number of aryl methyl sites for hydroxylation is 1. The van der Waals surface area contributed by atoms with E-state index >= 15 is 0 Å².